The number of hydrogen-bond donors (Lipinski definition) is 4. The molecule has 14 heteroatoms. The fraction of sp³-hybridized carbons (Fsp3) is 0.406. The topological polar surface area (TPSA) is 133 Å². The van der Waals surface area contributed by atoms with Crippen molar-refractivity contribution in [2.45, 2.75) is 71.4 Å². The molecule has 0 fully saturated rings. The molecule has 1 amide bonds. The highest BCUT2D eigenvalue weighted by molar-refractivity contribution is 5.97. The number of hydrogen-bond acceptors (Lipinski definition) is 5. The molecule has 5 N–H and O–H groups in total. The maximum atomic E-state index is 13.4. The predicted molar refractivity (Wildman–Crippen MR) is 163 cm³/mol. The van der Waals surface area contributed by atoms with Gasteiger partial charge in [0.05, 0.1) is 6.04 Å². The Morgan fingerprint density at radius 2 is 1.33 bits per heavy atom. The smallest absolute Gasteiger partial charge is 0.475 e. The number of amides is 1. The number of benzene rings is 3. The Labute approximate surface area is 263 Å². The van der Waals surface area contributed by atoms with Crippen LogP contribution in [0.4, 0.5) is 32.0 Å². The fourth-order valence-electron chi connectivity index (χ4n) is 4.20. The summed E-state index contributed by atoms with van der Waals surface area (Å²) >= 11 is 0. The van der Waals surface area contributed by atoms with E-state index in [1.165, 1.54) is 36.5 Å². The van der Waals surface area contributed by atoms with Gasteiger partial charge in [0.15, 0.2) is 0 Å². The van der Waals surface area contributed by atoms with Crippen molar-refractivity contribution in [2.24, 2.45) is 0 Å². The van der Waals surface area contributed by atoms with Crippen LogP contribution in [-0.4, -0.2) is 58.4 Å². The van der Waals surface area contributed by atoms with Crippen molar-refractivity contribution in [3.8, 4) is 0 Å². The highest BCUT2D eigenvalue weighted by Crippen LogP contribution is 2.25. The van der Waals surface area contributed by atoms with Crippen LogP contribution >= 0.6 is 0 Å². The fourth-order valence-corrected chi connectivity index (χ4v) is 4.20. The first-order valence-corrected chi connectivity index (χ1v) is 14.4. The number of carbonyl (C=O) groups excluding carboxylic acids is 1. The Balaban J connectivity index is 0.000000629. The molecule has 0 aromatic heterocycles. The van der Waals surface area contributed by atoms with Crippen LogP contribution in [0.2, 0.25) is 0 Å². The van der Waals surface area contributed by atoms with Crippen LogP contribution < -0.4 is 11.1 Å². The van der Waals surface area contributed by atoms with Crippen molar-refractivity contribution in [1.29, 1.82) is 0 Å². The second-order valence-corrected chi connectivity index (χ2v) is 10.3. The lowest BCUT2D eigenvalue weighted by atomic mass is 9.99. The molecule has 0 aliphatic heterocycles. The Bertz CT molecular complexity index is 1390. The summed E-state index contributed by atoms with van der Waals surface area (Å²) in [6.45, 7) is 9.35. The van der Waals surface area contributed by atoms with E-state index >= 15 is 0 Å². The van der Waals surface area contributed by atoms with Crippen molar-refractivity contribution in [1.82, 2.24) is 10.2 Å². The van der Waals surface area contributed by atoms with Crippen molar-refractivity contribution >= 4 is 34.3 Å². The number of rotatable bonds is 11. The average Bonchev–Trinajstić information content (AvgIpc) is 2.98. The molecule has 0 aliphatic rings. The van der Waals surface area contributed by atoms with Crippen molar-refractivity contribution in [2.75, 3.05) is 18.8 Å². The quantitative estimate of drug-likeness (QED) is 0.123. The van der Waals surface area contributed by atoms with Gasteiger partial charge in [0.2, 0.25) is 0 Å². The van der Waals surface area contributed by atoms with E-state index in [1.54, 1.807) is 0 Å². The summed E-state index contributed by atoms with van der Waals surface area (Å²) in [4.78, 5) is 33.6. The number of nitrogens with two attached hydrogens (primary N) is 1. The van der Waals surface area contributed by atoms with Crippen LogP contribution in [0.3, 0.4) is 0 Å². The van der Waals surface area contributed by atoms with Crippen LogP contribution in [0, 0.1) is 0 Å². The molecule has 8 nitrogen and oxygen atoms in total. The van der Waals surface area contributed by atoms with Crippen molar-refractivity contribution in [3.05, 3.63) is 77.4 Å². The lowest BCUT2D eigenvalue weighted by Gasteiger charge is -2.24. The van der Waals surface area contributed by atoms with Gasteiger partial charge in [-0.2, -0.15) is 26.3 Å². The molecular formula is C32H39F6N3O5. The van der Waals surface area contributed by atoms with Gasteiger partial charge in [0.1, 0.15) is 0 Å². The molecule has 46 heavy (non-hydrogen) atoms. The third-order valence-corrected chi connectivity index (χ3v) is 6.55. The molecule has 0 unspecified atom stereocenters. The SMILES string of the molecule is CCCCN(CCCC)Cc1ccc(N)cc1C(=O)N[C@H](C)c1cccc2ccccc12.O=C(O)C(F)(F)F.O=C(O)C(F)(F)F. The molecule has 254 valence electrons. The van der Waals surface area contributed by atoms with E-state index in [0.717, 1.165) is 30.8 Å². The van der Waals surface area contributed by atoms with Gasteiger partial charge in [-0.25, -0.2) is 9.59 Å². The highest BCUT2D eigenvalue weighted by Gasteiger charge is 2.38. The first kappa shape index (κ1) is 39.7. The number of halogens is 6. The van der Waals surface area contributed by atoms with E-state index < -0.39 is 24.3 Å². The summed E-state index contributed by atoms with van der Waals surface area (Å²) in [5, 5.41) is 19.8. The summed E-state index contributed by atoms with van der Waals surface area (Å²) in [5.74, 6) is -5.58. The van der Waals surface area contributed by atoms with Crippen LogP contribution in [0.1, 0.15) is 74.0 Å². The van der Waals surface area contributed by atoms with E-state index in [9.17, 15) is 31.1 Å². The second kappa shape index (κ2) is 18.6. The maximum Gasteiger partial charge on any atom is 0.490 e. The van der Waals surface area contributed by atoms with E-state index in [1.807, 2.05) is 43.3 Å². The number of nitrogens with one attached hydrogen (secondary N) is 1. The first-order chi connectivity index (χ1) is 21.4. The lowest BCUT2D eigenvalue weighted by Crippen LogP contribution is -2.30. The minimum atomic E-state index is -5.08. The van der Waals surface area contributed by atoms with Gasteiger partial charge >= 0.3 is 24.3 Å². The van der Waals surface area contributed by atoms with Gasteiger partial charge in [0.25, 0.3) is 5.91 Å². The third kappa shape index (κ3) is 13.8. The number of carboxylic acid groups (broad SMARTS) is 2. The van der Waals surface area contributed by atoms with Gasteiger partial charge in [-0.05, 0) is 66.9 Å². The molecule has 0 heterocycles. The van der Waals surface area contributed by atoms with E-state index in [4.69, 9.17) is 25.5 Å². The molecule has 3 aromatic rings. The Morgan fingerprint density at radius 3 is 1.83 bits per heavy atom. The Morgan fingerprint density at radius 1 is 0.826 bits per heavy atom. The molecule has 0 bridgehead atoms. The number of unbranched alkanes of at least 4 members (excludes halogenated alkanes) is 2. The summed E-state index contributed by atoms with van der Waals surface area (Å²) < 4.78 is 63.5. The minimum absolute atomic E-state index is 0.0707. The number of anilines is 1. The number of carboxylic acids is 2. The summed E-state index contributed by atoms with van der Waals surface area (Å²) in [5.41, 5.74) is 9.53. The van der Waals surface area contributed by atoms with Crippen LogP contribution in [0.25, 0.3) is 10.8 Å². The number of nitrogen functional groups attached to an aromatic ring is 1. The van der Waals surface area contributed by atoms with Gasteiger partial charge in [0, 0.05) is 17.8 Å². The monoisotopic (exact) mass is 659 g/mol. The molecule has 3 rings (SSSR count). The Kier molecular flexibility index (Phi) is 16.0. The zero-order chi connectivity index (χ0) is 35.1. The average molecular weight is 660 g/mol. The zero-order valence-electron chi connectivity index (χ0n) is 25.7. The van der Waals surface area contributed by atoms with Crippen LogP contribution in [-0.2, 0) is 16.1 Å². The van der Waals surface area contributed by atoms with Crippen LogP contribution in [0.15, 0.2) is 60.7 Å². The van der Waals surface area contributed by atoms with Gasteiger partial charge in [-0.15, -0.1) is 0 Å². The van der Waals surface area contributed by atoms with Gasteiger partial charge in [-0.1, -0.05) is 75.2 Å². The number of fused-ring (bicyclic) bond motifs is 1. The van der Waals surface area contributed by atoms with E-state index in [2.05, 4.69) is 48.3 Å². The highest BCUT2D eigenvalue weighted by atomic mass is 19.4. The molecule has 3 aromatic carbocycles. The predicted octanol–water partition coefficient (Wildman–Crippen LogP) is 7.58. The Hall–Kier alpha value is -4.33. The van der Waals surface area contributed by atoms with E-state index in [0.29, 0.717) is 11.3 Å². The van der Waals surface area contributed by atoms with Crippen LogP contribution in [0.5, 0.6) is 0 Å². The maximum absolute atomic E-state index is 13.4. The molecule has 0 spiro atoms. The normalized spacial score (nSPS) is 12.0. The molecule has 0 aliphatic carbocycles. The first-order valence-electron chi connectivity index (χ1n) is 14.4. The minimum Gasteiger partial charge on any atom is -0.475 e. The molecule has 0 saturated heterocycles. The van der Waals surface area contributed by atoms with Gasteiger partial charge < -0.3 is 21.3 Å². The third-order valence-electron chi connectivity index (χ3n) is 6.55. The molecular weight excluding hydrogens is 620 g/mol. The molecule has 0 saturated carbocycles. The van der Waals surface area contributed by atoms with Gasteiger partial charge in [-0.3, -0.25) is 9.69 Å². The number of carbonyl (C=O) groups is 3. The number of alkyl halides is 6. The number of nitrogens with zero attached hydrogens (tertiary/aromatic N) is 1. The van der Waals surface area contributed by atoms with E-state index in [-0.39, 0.29) is 11.9 Å². The number of aliphatic carboxylic acids is 2. The summed E-state index contributed by atoms with van der Waals surface area (Å²) in [6.07, 6.45) is -5.50. The van der Waals surface area contributed by atoms with Crippen molar-refractivity contribution < 1.29 is 50.9 Å². The molecule has 0 radical (unpaired) electrons. The summed E-state index contributed by atoms with van der Waals surface area (Å²) in [6, 6.07) is 20.1. The second-order valence-electron chi connectivity index (χ2n) is 10.3. The standard InChI is InChI=1S/C28H37N3O.2C2HF3O2/c1-4-6-17-31(18-7-5-2)20-23-15-16-24(29)19-27(23)28(32)30-21(3)25-14-10-12-22-11-8-9-13-26(22)25;2*3-2(4,5)1(6)7/h8-16,19,21H,4-7,17-18,20,29H2,1-3H3,(H,30,32);2*(H,6,7)/t21-;;/m1../s1. The zero-order valence-corrected chi connectivity index (χ0v) is 25.7. The summed E-state index contributed by atoms with van der Waals surface area (Å²) in [7, 11) is 0. The molecule has 1 atom stereocenters. The lowest BCUT2D eigenvalue weighted by molar-refractivity contribution is -0.193. The largest absolute Gasteiger partial charge is 0.490 e. The van der Waals surface area contributed by atoms with Crippen molar-refractivity contribution in [3.63, 3.8) is 0 Å².